The normalized spacial score (nSPS) is 10.6. The van der Waals surface area contributed by atoms with Crippen molar-refractivity contribution in [1.82, 2.24) is 0 Å². The highest BCUT2D eigenvalue weighted by Crippen LogP contribution is 2.43. The minimum atomic E-state index is -4.65. The van der Waals surface area contributed by atoms with Crippen LogP contribution in [-0.2, 0) is 4.57 Å². The van der Waals surface area contributed by atoms with Gasteiger partial charge >= 0.3 is 7.60 Å². The fourth-order valence-corrected chi connectivity index (χ4v) is 3.06. The molecule has 3 aromatic rings. The lowest BCUT2D eigenvalue weighted by atomic mass is 10.2. The molecule has 2 N–H and O–H groups in total. The standard InChI is InChI=1S/C20H13N2O5P/c21-12-14-4-8-16(9-5-14)26-18-2-1-3-19(28(23,24)25)20(18)27-17-10-6-15(13-22)7-11-17/h1-11H,(H2,23,24,25). The van der Waals surface area contributed by atoms with Crippen molar-refractivity contribution >= 4 is 12.9 Å². The Morgan fingerprint density at radius 3 is 1.71 bits per heavy atom. The van der Waals surface area contributed by atoms with Gasteiger partial charge in [0, 0.05) is 0 Å². The SMILES string of the molecule is N#Cc1ccc(Oc2cccc(P(=O)(O)O)c2Oc2ccc(C#N)cc2)cc1. The first-order chi connectivity index (χ1) is 13.4. The van der Waals surface area contributed by atoms with Gasteiger partial charge < -0.3 is 19.3 Å². The summed E-state index contributed by atoms with van der Waals surface area (Å²) in [5.74, 6) is 0.607. The predicted octanol–water partition coefficient (Wildman–Crippen LogP) is 3.82. The van der Waals surface area contributed by atoms with Crippen molar-refractivity contribution in [2.24, 2.45) is 0 Å². The fraction of sp³-hybridized carbons (Fsp3) is 0. The highest BCUT2D eigenvalue weighted by atomic mass is 31.2. The molecule has 3 aromatic carbocycles. The van der Waals surface area contributed by atoms with Crippen LogP contribution in [0.3, 0.4) is 0 Å². The molecular weight excluding hydrogens is 379 g/mol. The second-order valence-electron chi connectivity index (χ2n) is 5.62. The largest absolute Gasteiger partial charge is 0.453 e. The Balaban J connectivity index is 2.02. The van der Waals surface area contributed by atoms with Crippen LogP contribution in [0, 0.1) is 22.7 Å². The summed E-state index contributed by atoms with van der Waals surface area (Å²) < 4.78 is 23.3. The van der Waals surface area contributed by atoms with Gasteiger partial charge in [-0.15, -0.1) is 0 Å². The number of nitriles is 2. The molecular formula is C20H13N2O5P. The number of benzene rings is 3. The second kappa shape index (κ2) is 7.96. The van der Waals surface area contributed by atoms with E-state index in [1.54, 1.807) is 24.3 Å². The average molecular weight is 392 g/mol. The summed E-state index contributed by atoms with van der Waals surface area (Å²) in [6.07, 6.45) is 0. The summed E-state index contributed by atoms with van der Waals surface area (Å²) in [5.41, 5.74) is 0.870. The van der Waals surface area contributed by atoms with Crippen LogP contribution in [0.5, 0.6) is 23.0 Å². The molecule has 0 bridgehead atoms. The lowest BCUT2D eigenvalue weighted by Crippen LogP contribution is -2.09. The van der Waals surface area contributed by atoms with Crippen LogP contribution in [0.25, 0.3) is 0 Å². The Morgan fingerprint density at radius 1 is 0.750 bits per heavy atom. The molecule has 0 aromatic heterocycles. The Morgan fingerprint density at radius 2 is 1.25 bits per heavy atom. The molecule has 8 heteroatoms. The van der Waals surface area contributed by atoms with Gasteiger partial charge in [-0.25, -0.2) is 0 Å². The van der Waals surface area contributed by atoms with E-state index in [1.165, 1.54) is 42.5 Å². The summed E-state index contributed by atoms with van der Waals surface area (Å²) in [6.45, 7) is 0. The molecule has 28 heavy (non-hydrogen) atoms. The molecule has 0 unspecified atom stereocenters. The number of hydrogen-bond donors (Lipinski definition) is 2. The van der Waals surface area contributed by atoms with Crippen molar-refractivity contribution < 1.29 is 23.8 Å². The molecule has 3 rings (SSSR count). The number of rotatable bonds is 5. The van der Waals surface area contributed by atoms with Gasteiger partial charge in [0.15, 0.2) is 11.5 Å². The van der Waals surface area contributed by atoms with Gasteiger partial charge in [-0.1, -0.05) is 6.07 Å². The Hall–Kier alpha value is -3.61. The zero-order chi connectivity index (χ0) is 20.1. The Labute approximate surface area is 160 Å². The van der Waals surface area contributed by atoms with Crippen molar-refractivity contribution in [3.8, 4) is 35.1 Å². The maximum Gasteiger partial charge on any atom is 0.360 e. The smallest absolute Gasteiger partial charge is 0.360 e. The molecule has 0 aliphatic heterocycles. The van der Waals surface area contributed by atoms with Crippen LogP contribution in [0.2, 0.25) is 0 Å². The maximum atomic E-state index is 11.9. The minimum Gasteiger partial charge on any atom is -0.453 e. The summed E-state index contributed by atoms with van der Waals surface area (Å²) in [5, 5.41) is 17.4. The summed E-state index contributed by atoms with van der Waals surface area (Å²) >= 11 is 0. The maximum absolute atomic E-state index is 11.9. The van der Waals surface area contributed by atoms with E-state index in [0.717, 1.165) is 0 Å². The van der Waals surface area contributed by atoms with Crippen LogP contribution in [0.15, 0.2) is 66.7 Å². The van der Waals surface area contributed by atoms with Crippen LogP contribution < -0.4 is 14.8 Å². The van der Waals surface area contributed by atoms with E-state index in [2.05, 4.69) is 0 Å². The van der Waals surface area contributed by atoms with Gasteiger partial charge in [0.2, 0.25) is 0 Å². The van der Waals surface area contributed by atoms with E-state index < -0.39 is 7.60 Å². The van der Waals surface area contributed by atoms with Crippen LogP contribution >= 0.6 is 7.60 Å². The zero-order valence-corrected chi connectivity index (χ0v) is 15.2. The van der Waals surface area contributed by atoms with Crippen molar-refractivity contribution in [3.63, 3.8) is 0 Å². The minimum absolute atomic E-state index is 0.0925. The van der Waals surface area contributed by atoms with E-state index in [0.29, 0.717) is 16.9 Å². The third-order valence-electron chi connectivity index (χ3n) is 3.69. The van der Waals surface area contributed by atoms with Crippen molar-refractivity contribution in [2.75, 3.05) is 0 Å². The van der Waals surface area contributed by atoms with E-state index in [4.69, 9.17) is 20.0 Å². The molecule has 0 saturated carbocycles. The quantitative estimate of drug-likeness (QED) is 0.633. The average Bonchev–Trinajstić information content (AvgIpc) is 2.69. The number of para-hydroxylation sites is 1. The lowest BCUT2D eigenvalue weighted by Gasteiger charge is -2.16. The van der Waals surface area contributed by atoms with Crippen LogP contribution in [-0.4, -0.2) is 9.79 Å². The van der Waals surface area contributed by atoms with Crippen molar-refractivity contribution in [3.05, 3.63) is 77.9 Å². The van der Waals surface area contributed by atoms with Gasteiger partial charge in [-0.2, -0.15) is 10.5 Å². The fourth-order valence-electron chi connectivity index (χ4n) is 2.36. The van der Waals surface area contributed by atoms with E-state index in [1.807, 2.05) is 12.1 Å². The molecule has 7 nitrogen and oxygen atoms in total. The van der Waals surface area contributed by atoms with Crippen LogP contribution in [0.4, 0.5) is 0 Å². The topological polar surface area (TPSA) is 124 Å². The monoisotopic (exact) mass is 392 g/mol. The molecule has 0 heterocycles. The molecule has 0 atom stereocenters. The van der Waals surface area contributed by atoms with E-state index in [-0.39, 0.29) is 22.6 Å². The van der Waals surface area contributed by atoms with Gasteiger partial charge in [0.05, 0.1) is 23.3 Å². The lowest BCUT2D eigenvalue weighted by molar-refractivity contribution is 0.382. The molecule has 0 radical (unpaired) electrons. The van der Waals surface area contributed by atoms with E-state index in [9.17, 15) is 14.4 Å². The van der Waals surface area contributed by atoms with Gasteiger partial charge in [-0.05, 0) is 60.7 Å². The summed E-state index contributed by atoms with van der Waals surface area (Å²) in [4.78, 5) is 19.4. The second-order valence-corrected chi connectivity index (χ2v) is 7.19. The Kier molecular flexibility index (Phi) is 5.44. The Bertz CT molecular complexity index is 1120. The van der Waals surface area contributed by atoms with E-state index >= 15 is 0 Å². The number of ether oxygens (including phenoxy) is 2. The predicted molar refractivity (Wildman–Crippen MR) is 101 cm³/mol. The third-order valence-corrected chi connectivity index (χ3v) is 4.67. The van der Waals surface area contributed by atoms with Gasteiger partial charge in [-0.3, -0.25) is 4.57 Å². The molecule has 0 amide bonds. The van der Waals surface area contributed by atoms with Crippen molar-refractivity contribution in [2.45, 2.75) is 0 Å². The summed E-state index contributed by atoms with van der Waals surface area (Å²) in [7, 11) is -4.65. The third kappa shape index (κ3) is 4.37. The van der Waals surface area contributed by atoms with Crippen molar-refractivity contribution in [1.29, 1.82) is 10.5 Å². The van der Waals surface area contributed by atoms with Gasteiger partial charge in [0.25, 0.3) is 0 Å². The molecule has 0 aliphatic carbocycles. The summed E-state index contributed by atoms with van der Waals surface area (Å²) in [6, 6.07) is 20.5. The number of nitrogens with zero attached hydrogens (tertiary/aromatic N) is 2. The number of hydrogen-bond acceptors (Lipinski definition) is 5. The molecule has 0 spiro atoms. The molecule has 0 aliphatic rings. The highest BCUT2D eigenvalue weighted by Gasteiger charge is 2.26. The highest BCUT2D eigenvalue weighted by molar-refractivity contribution is 7.60. The van der Waals surface area contributed by atoms with Gasteiger partial charge in [0.1, 0.15) is 16.8 Å². The van der Waals surface area contributed by atoms with Crippen LogP contribution in [0.1, 0.15) is 11.1 Å². The molecule has 138 valence electrons. The first-order valence-corrected chi connectivity index (χ1v) is 9.57. The first kappa shape index (κ1) is 19.2. The zero-order valence-electron chi connectivity index (χ0n) is 14.3. The first-order valence-electron chi connectivity index (χ1n) is 7.96. The molecule has 0 fully saturated rings. The molecule has 0 saturated heterocycles.